The summed E-state index contributed by atoms with van der Waals surface area (Å²) in [7, 11) is 0. The lowest BCUT2D eigenvalue weighted by Crippen LogP contribution is -3.00. The molecule has 2 heterocycles. The standard InChI is InChI=1S/C32H52BrN2.2BrH/c33-25-17-13-9-5-2-1-3-8-12-16-22-32-24-20-28-35(30-32)27-18-14-10-6-4-7-11-15-21-31-23-19-26-34-29-31;;/h19-20,23-24,26,28-30H,1-18,21-22,25,27H2;2*1H/q+1;;/p-1. The van der Waals surface area contributed by atoms with Crippen LogP contribution >= 0.6 is 32.9 Å². The Kier molecular flexibility index (Phi) is 27.1. The topological polar surface area (TPSA) is 16.8 Å². The highest BCUT2D eigenvalue weighted by molar-refractivity contribution is 9.09. The molecule has 2 aromatic rings. The summed E-state index contributed by atoms with van der Waals surface area (Å²) in [5, 5.41) is 1.17. The smallest absolute Gasteiger partial charge is 0.171 e. The van der Waals surface area contributed by atoms with Crippen molar-refractivity contribution in [3.63, 3.8) is 0 Å². The van der Waals surface area contributed by atoms with Crippen molar-refractivity contribution in [1.82, 2.24) is 4.98 Å². The molecule has 0 N–H and O–H groups in total. The molecule has 0 amide bonds. The molecule has 2 aromatic heterocycles. The zero-order valence-corrected chi connectivity index (χ0v) is 28.1. The van der Waals surface area contributed by atoms with E-state index in [-0.39, 0.29) is 34.0 Å². The second-order valence-corrected chi connectivity index (χ2v) is 11.2. The SMILES string of the molecule is Br.BrCCCCCCCCCCCCc1ccc[n+](CCCCCCCCCCc2cccnc2)c1.[Br-]. The van der Waals surface area contributed by atoms with Gasteiger partial charge < -0.3 is 17.0 Å². The van der Waals surface area contributed by atoms with Gasteiger partial charge in [0.25, 0.3) is 0 Å². The van der Waals surface area contributed by atoms with Crippen LogP contribution in [0.5, 0.6) is 0 Å². The summed E-state index contributed by atoms with van der Waals surface area (Å²) in [4.78, 5) is 4.20. The molecule has 2 rings (SSSR count). The van der Waals surface area contributed by atoms with E-state index in [9.17, 15) is 0 Å². The monoisotopic (exact) mass is 702 g/mol. The first kappa shape index (κ1) is 36.7. The number of aryl methyl sites for hydroxylation is 3. The van der Waals surface area contributed by atoms with Gasteiger partial charge in [0.05, 0.1) is 0 Å². The first-order chi connectivity index (χ1) is 17.4. The normalized spacial score (nSPS) is 10.6. The van der Waals surface area contributed by atoms with Crippen molar-refractivity contribution in [2.24, 2.45) is 0 Å². The van der Waals surface area contributed by atoms with Gasteiger partial charge in [-0.05, 0) is 56.2 Å². The van der Waals surface area contributed by atoms with Gasteiger partial charge in [-0.3, -0.25) is 4.98 Å². The summed E-state index contributed by atoms with van der Waals surface area (Å²) < 4.78 is 2.42. The van der Waals surface area contributed by atoms with Crippen molar-refractivity contribution in [3.05, 3.63) is 60.2 Å². The molecular weight excluding hydrogens is 652 g/mol. The number of aromatic nitrogens is 2. The Morgan fingerprint density at radius 1 is 0.595 bits per heavy atom. The van der Waals surface area contributed by atoms with E-state index in [1.165, 1.54) is 151 Å². The molecule has 0 unspecified atom stereocenters. The summed E-state index contributed by atoms with van der Waals surface area (Å²) in [6.07, 6.45) is 35.9. The lowest BCUT2D eigenvalue weighted by Gasteiger charge is -2.04. The molecule has 0 atom stereocenters. The number of nitrogens with zero attached hydrogens (tertiary/aromatic N) is 2. The molecule has 0 saturated heterocycles. The molecule has 0 aliphatic rings. The van der Waals surface area contributed by atoms with Crippen molar-refractivity contribution in [2.75, 3.05) is 5.33 Å². The Morgan fingerprint density at radius 3 is 1.62 bits per heavy atom. The molecule has 212 valence electrons. The molecule has 0 bridgehead atoms. The first-order valence-corrected chi connectivity index (χ1v) is 15.9. The van der Waals surface area contributed by atoms with E-state index >= 15 is 0 Å². The molecule has 0 spiro atoms. The predicted molar refractivity (Wildman–Crippen MR) is 166 cm³/mol. The van der Waals surface area contributed by atoms with Gasteiger partial charge in [-0.15, -0.1) is 17.0 Å². The van der Waals surface area contributed by atoms with E-state index in [4.69, 9.17) is 0 Å². The molecular formula is C32H53Br3N2. The van der Waals surface area contributed by atoms with Gasteiger partial charge in [-0.1, -0.05) is 105 Å². The van der Waals surface area contributed by atoms with Gasteiger partial charge in [-0.2, -0.15) is 0 Å². The molecule has 0 radical (unpaired) electrons. The van der Waals surface area contributed by atoms with E-state index in [1.807, 2.05) is 18.5 Å². The van der Waals surface area contributed by atoms with Crippen molar-refractivity contribution < 1.29 is 21.5 Å². The van der Waals surface area contributed by atoms with Crippen LogP contribution in [0.15, 0.2) is 49.1 Å². The Hall–Kier alpha value is -0.260. The second kappa shape index (κ2) is 27.3. The molecule has 37 heavy (non-hydrogen) atoms. The number of rotatable bonds is 23. The second-order valence-electron chi connectivity index (χ2n) is 10.4. The van der Waals surface area contributed by atoms with Crippen molar-refractivity contribution in [2.45, 2.75) is 135 Å². The van der Waals surface area contributed by atoms with Gasteiger partial charge in [0, 0.05) is 35.8 Å². The summed E-state index contributed by atoms with van der Waals surface area (Å²) in [6.45, 7) is 1.18. The zero-order valence-electron chi connectivity index (χ0n) is 23.2. The highest BCUT2D eigenvalue weighted by Crippen LogP contribution is 2.13. The number of halogens is 3. The third kappa shape index (κ3) is 21.3. The Bertz CT molecular complexity index is 727. The van der Waals surface area contributed by atoms with Crippen LogP contribution in [-0.2, 0) is 19.4 Å². The number of hydrogen-bond acceptors (Lipinski definition) is 1. The number of hydrogen-bond donors (Lipinski definition) is 0. The van der Waals surface area contributed by atoms with E-state index in [1.54, 1.807) is 0 Å². The van der Waals surface area contributed by atoms with Crippen LogP contribution in [0.3, 0.4) is 0 Å². The highest BCUT2D eigenvalue weighted by Gasteiger charge is 2.03. The zero-order chi connectivity index (χ0) is 24.7. The fraction of sp³-hybridized carbons (Fsp3) is 0.688. The summed E-state index contributed by atoms with van der Waals surface area (Å²) in [5.41, 5.74) is 2.90. The van der Waals surface area contributed by atoms with E-state index < -0.39 is 0 Å². The van der Waals surface area contributed by atoms with Gasteiger partial charge in [0.15, 0.2) is 12.4 Å². The Morgan fingerprint density at radius 2 is 1.08 bits per heavy atom. The molecule has 0 fully saturated rings. The summed E-state index contributed by atoms with van der Waals surface area (Å²) in [5.74, 6) is 0. The molecule has 2 nitrogen and oxygen atoms in total. The average Bonchev–Trinajstić information content (AvgIpc) is 2.89. The van der Waals surface area contributed by atoms with E-state index in [0.717, 1.165) is 0 Å². The Balaban J connectivity index is 0.00000648. The maximum Gasteiger partial charge on any atom is 0.171 e. The van der Waals surface area contributed by atoms with E-state index in [0.29, 0.717) is 0 Å². The number of alkyl halides is 1. The van der Waals surface area contributed by atoms with Crippen LogP contribution in [-0.4, -0.2) is 10.3 Å². The average molecular weight is 706 g/mol. The van der Waals surface area contributed by atoms with Crippen LogP contribution in [0.25, 0.3) is 0 Å². The summed E-state index contributed by atoms with van der Waals surface area (Å²) >= 11 is 3.52. The molecule has 0 aliphatic carbocycles. The Labute approximate surface area is 258 Å². The fourth-order valence-electron chi connectivity index (χ4n) is 4.93. The molecule has 0 aromatic carbocycles. The van der Waals surface area contributed by atoms with Crippen molar-refractivity contribution in [1.29, 1.82) is 0 Å². The lowest BCUT2D eigenvalue weighted by molar-refractivity contribution is -0.697. The molecule has 5 heteroatoms. The van der Waals surface area contributed by atoms with Gasteiger partial charge >= 0.3 is 0 Å². The van der Waals surface area contributed by atoms with Crippen LogP contribution in [0, 0.1) is 0 Å². The quantitative estimate of drug-likeness (QED) is 0.0683. The maximum atomic E-state index is 4.20. The van der Waals surface area contributed by atoms with Crippen LogP contribution in [0.4, 0.5) is 0 Å². The van der Waals surface area contributed by atoms with Crippen LogP contribution in [0.2, 0.25) is 0 Å². The third-order valence-electron chi connectivity index (χ3n) is 7.12. The minimum Gasteiger partial charge on any atom is -1.00 e. The van der Waals surface area contributed by atoms with Crippen LogP contribution in [0.1, 0.15) is 127 Å². The van der Waals surface area contributed by atoms with Crippen LogP contribution < -0.4 is 21.5 Å². The minimum atomic E-state index is 0. The largest absolute Gasteiger partial charge is 1.00 e. The van der Waals surface area contributed by atoms with Crippen molar-refractivity contribution >= 4 is 32.9 Å². The molecule has 0 aliphatic heterocycles. The molecule has 0 saturated carbocycles. The lowest BCUT2D eigenvalue weighted by atomic mass is 10.0. The first-order valence-electron chi connectivity index (χ1n) is 14.8. The van der Waals surface area contributed by atoms with Gasteiger partial charge in [0.2, 0.25) is 0 Å². The van der Waals surface area contributed by atoms with Gasteiger partial charge in [-0.25, -0.2) is 4.57 Å². The van der Waals surface area contributed by atoms with E-state index in [2.05, 4.69) is 56.1 Å². The summed E-state index contributed by atoms with van der Waals surface area (Å²) in [6, 6.07) is 8.80. The highest BCUT2D eigenvalue weighted by atomic mass is 79.9. The maximum absolute atomic E-state index is 4.20. The number of pyridine rings is 2. The third-order valence-corrected chi connectivity index (χ3v) is 7.68. The van der Waals surface area contributed by atoms with Crippen molar-refractivity contribution in [3.8, 4) is 0 Å². The number of unbranched alkanes of at least 4 members (excludes halogenated alkanes) is 16. The predicted octanol–water partition coefficient (Wildman–Crippen LogP) is 7.15. The van der Waals surface area contributed by atoms with Gasteiger partial charge in [0.1, 0.15) is 6.54 Å². The minimum absolute atomic E-state index is 0. The fourth-order valence-corrected chi connectivity index (χ4v) is 5.33.